The summed E-state index contributed by atoms with van der Waals surface area (Å²) in [7, 11) is 0. The summed E-state index contributed by atoms with van der Waals surface area (Å²) in [5.74, 6) is 1.20. The van der Waals surface area contributed by atoms with E-state index in [2.05, 4.69) is 55.3 Å². The van der Waals surface area contributed by atoms with Crippen LogP contribution in [0.4, 0.5) is 0 Å². The van der Waals surface area contributed by atoms with E-state index in [0.29, 0.717) is 6.54 Å². The van der Waals surface area contributed by atoms with Crippen molar-refractivity contribution in [3.8, 4) is 0 Å². The molecular formula is C21H33N5OS. The normalized spacial score (nSPS) is 16.2. The lowest BCUT2D eigenvalue weighted by atomic mass is 9.91. The first-order valence-electron chi connectivity index (χ1n) is 10.2. The van der Waals surface area contributed by atoms with Gasteiger partial charge in [-0.3, -0.25) is 14.6 Å². The number of rotatable bonds is 9. The van der Waals surface area contributed by atoms with Gasteiger partial charge in [0.2, 0.25) is 5.91 Å². The Hall–Kier alpha value is -1.70. The van der Waals surface area contributed by atoms with E-state index in [9.17, 15) is 4.79 Å². The smallest absolute Gasteiger partial charge is 0.227 e. The van der Waals surface area contributed by atoms with Crippen molar-refractivity contribution in [3.63, 3.8) is 0 Å². The lowest BCUT2D eigenvalue weighted by Crippen LogP contribution is -2.48. The quantitative estimate of drug-likeness (QED) is 0.699. The van der Waals surface area contributed by atoms with E-state index in [1.54, 1.807) is 11.3 Å². The Morgan fingerprint density at radius 1 is 1.36 bits per heavy atom. The highest BCUT2D eigenvalue weighted by Crippen LogP contribution is 2.24. The molecule has 0 fully saturated rings. The second-order valence-corrected chi connectivity index (χ2v) is 8.92. The van der Waals surface area contributed by atoms with E-state index in [1.807, 2.05) is 26.2 Å². The molecule has 2 aromatic heterocycles. The van der Waals surface area contributed by atoms with Gasteiger partial charge in [0.05, 0.1) is 18.0 Å². The average Bonchev–Trinajstić information content (AvgIpc) is 3.35. The molecule has 0 unspecified atom stereocenters. The number of imidazole rings is 1. The standard InChI is InChI=1S/C21H33N5OS/c1-5-25(6-2)18(17-7-12-28-15-17)13-23-20(27)21(3,4)16-24-10-11-26-9-8-22-19(26)14-24/h7-9,12,15,18H,5-6,10-11,13-14,16H2,1-4H3,(H,23,27)/t18-/m0/s1. The number of thiophene rings is 1. The van der Waals surface area contributed by atoms with Gasteiger partial charge in [-0.15, -0.1) is 0 Å². The van der Waals surface area contributed by atoms with E-state index in [0.717, 1.165) is 45.1 Å². The average molecular weight is 404 g/mol. The van der Waals surface area contributed by atoms with E-state index in [-0.39, 0.29) is 11.9 Å². The maximum absolute atomic E-state index is 13.0. The number of nitrogens with zero attached hydrogens (tertiary/aromatic N) is 4. The summed E-state index contributed by atoms with van der Waals surface area (Å²) >= 11 is 1.71. The fourth-order valence-electron chi connectivity index (χ4n) is 4.00. The summed E-state index contributed by atoms with van der Waals surface area (Å²) in [5, 5.41) is 7.54. The molecule has 6 nitrogen and oxygen atoms in total. The van der Waals surface area contributed by atoms with Crippen LogP contribution in [0.3, 0.4) is 0 Å². The summed E-state index contributed by atoms with van der Waals surface area (Å²) in [5.41, 5.74) is 0.840. The summed E-state index contributed by atoms with van der Waals surface area (Å²) in [6.07, 6.45) is 3.89. The van der Waals surface area contributed by atoms with Crippen molar-refractivity contribution in [2.24, 2.45) is 5.41 Å². The van der Waals surface area contributed by atoms with Gasteiger partial charge < -0.3 is 9.88 Å². The van der Waals surface area contributed by atoms with Crippen molar-refractivity contribution in [2.45, 2.75) is 46.8 Å². The molecule has 0 saturated carbocycles. The largest absolute Gasteiger partial charge is 0.354 e. The Labute approximate surface area is 172 Å². The van der Waals surface area contributed by atoms with Gasteiger partial charge in [-0.1, -0.05) is 13.8 Å². The third-order valence-electron chi connectivity index (χ3n) is 5.69. The van der Waals surface area contributed by atoms with Crippen molar-refractivity contribution in [3.05, 3.63) is 40.6 Å². The van der Waals surface area contributed by atoms with Gasteiger partial charge in [-0.05, 0) is 49.3 Å². The highest BCUT2D eigenvalue weighted by Gasteiger charge is 2.32. The minimum Gasteiger partial charge on any atom is -0.354 e. The van der Waals surface area contributed by atoms with Crippen LogP contribution in [0.25, 0.3) is 0 Å². The van der Waals surface area contributed by atoms with Crippen LogP contribution in [0.15, 0.2) is 29.2 Å². The fourth-order valence-corrected chi connectivity index (χ4v) is 4.71. The van der Waals surface area contributed by atoms with Gasteiger partial charge in [0.15, 0.2) is 0 Å². The van der Waals surface area contributed by atoms with E-state index >= 15 is 0 Å². The molecule has 1 atom stereocenters. The van der Waals surface area contributed by atoms with Crippen LogP contribution in [0.5, 0.6) is 0 Å². The summed E-state index contributed by atoms with van der Waals surface area (Å²) in [6.45, 7) is 14.5. The maximum atomic E-state index is 13.0. The van der Waals surface area contributed by atoms with Gasteiger partial charge in [0.25, 0.3) is 0 Å². The Morgan fingerprint density at radius 3 is 2.82 bits per heavy atom. The molecule has 0 spiro atoms. The van der Waals surface area contributed by atoms with Gasteiger partial charge in [-0.25, -0.2) is 4.98 Å². The summed E-state index contributed by atoms with van der Waals surface area (Å²) in [4.78, 5) is 22.2. The molecule has 0 aliphatic carbocycles. The maximum Gasteiger partial charge on any atom is 0.227 e. The SMILES string of the molecule is CCN(CC)[C@@H](CNC(=O)C(C)(C)CN1CCn2ccnc2C1)c1ccsc1. The second kappa shape index (κ2) is 9.20. The minimum absolute atomic E-state index is 0.119. The number of nitrogens with one attached hydrogen (secondary N) is 1. The molecule has 1 amide bonds. The molecule has 1 aliphatic heterocycles. The monoisotopic (exact) mass is 403 g/mol. The van der Waals surface area contributed by atoms with E-state index < -0.39 is 5.41 Å². The number of carbonyl (C=O) groups excluding carboxylic acids is 1. The second-order valence-electron chi connectivity index (χ2n) is 8.14. The predicted octanol–water partition coefficient (Wildman–Crippen LogP) is 2.99. The Bertz CT molecular complexity index is 751. The van der Waals surface area contributed by atoms with Gasteiger partial charge in [0, 0.05) is 38.6 Å². The molecule has 3 heterocycles. The minimum atomic E-state index is -0.447. The summed E-state index contributed by atoms with van der Waals surface area (Å²) in [6, 6.07) is 2.39. The molecule has 3 rings (SSSR count). The van der Waals surface area contributed by atoms with Crippen LogP contribution in [-0.4, -0.2) is 58.0 Å². The highest BCUT2D eigenvalue weighted by atomic mass is 32.1. The first kappa shape index (κ1) is 21.0. The first-order valence-corrected chi connectivity index (χ1v) is 11.2. The van der Waals surface area contributed by atoms with Crippen molar-refractivity contribution in [2.75, 3.05) is 32.7 Å². The lowest BCUT2D eigenvalue weighted by molar-refractivity contribution is -0.130. The molecule has 154 valence electrons. The lowest BCUT2D eigenvalue weighted by Gasteiger charge is -2.35. The number of carbonyl (C=O) groups is 1. The Kier molecular flexibility index (Phi) is 6.91. The van der Waals surface area contributed by atoms with Crippen molar-refractivity contribution >= 4 is 17.2 Å². The van der Waals surface area contributed by atoms with E-state index in [1.165, 1.54) is 5.56 Å². The zero-order chi connectivity index (χ0) is 20.1. The van der Waals surface area contributed by atoms with Crippen LogP contribution >= 0.6 is 11.3 Å². The predicted molar refractivity (Wildman–Crippen MR) is 114 cm³/mol. The molecular weight excluding hydrogens is 370 g/mol. The molecule has 0 radical (unpaired) electrons. The van der Waals surface area contributed by atoms with Gasteiger partial charge in [0.1, 0.15) is 5.82 Å². The van der Waals surface area contributed by atoms with Crippen molar-refractivity contribution in [1.82, 2.24) is 24.7 Å². The summed E-state index contributed by atoms with van der Waals surface area (Å²) < 4.78 is 2.19. The number of likely N-dealkylation sites (N-methyl/N-ethyl adjacent to an activating group) is 1. The number of aromatic nitrogens is 2. The van der Waals surface area contributed by atoms with Crippen LogP contribution in [-0.2, 0) is 17.9 Å². The van der Waals surface area contributed by atoms with Crippen LogP contribution in [0, 0.1) is 5.41 Å². The molecule has 0 aromatic carbocycles. The third kappa shape index (κ3) is 4.82. The number of hydrogen-bond donors (Lipinski definition) is 1. The van der Waals surface area contributed by atoms with Crippen molar-refractivity contribution in [1.29, 1.82) is 0 Å². The number of fused-ring (bicyclic) bond motifs is 1. The van der Waals surface area contributed by atoms with Crippen LogP contribution < -0.4 is 5.32 Å². The van der Waals surface area contributed by atoms with Crippen LogP contribution in [0.1, 0.15) is 45.1 Å². The molecule has 2 aromatic rings. The number of amides is 1. The molecule has 0 bridgehead atoms. The first-order chi connectivity index (χ1) is 13.4. The highest BCUT2D eigenvalue weighted by molar-refractivity contribution is 7.07. The molecule has 1 aliphatic rings. The zero-order valence-electron chi connectivity index (χ0n) is 17.5. The fraction of sp³-hybridized carbons (Fsp3) is 0.619. The molecule has 28 heavy (non-hydrogen) atoms. The molecule has 0 saturated heterocycles. The van der Waals surface area contributed by atoms with Crippen molar-refractivity contribution < 1.29 is 4.79 Å². The number of hydrogen-bond acceptors (Lipinski definition) is 5. The zero-order valence-corrected chi connectivity index (χ0v) is 18.3. The molecule has 1 N–H and O–H groups in total. The third-order valence-corrected chi connectivity index (χ3v) is 6.40. The topological polar surface area (TPSA) is 53.4 Å². The van der Waals surface area contributed by atoms with Gasteiger partial charge >= 0.3 is 0 Å². The van der Waals surface area contributed by atoms with Gasteiger partial charge in [-0.2, -0.15) is 11.3 Å². The molecule has 7 heteroatoms. The van der Waals surface area contributed by atoms with Crippen LogP contribution in [0.2, 0.25) is 0 Å². The van der Waals surface area contributed by atoms with E-state index in [4.69, 9.17) is 0 Å². The Morgan fingerprint density at radius 2 is 2.14 bits per heavy atom. The Balaban J connectivity index is 1.59.